The normalized spacial score (nSPS) is 13.3. The van der Waals surface area contributed by atoms with E-state index in [1.54, 1.807) is 14.2 Å². The summed E-state index contributed by atoms with van der Waals surface area (Å²) in [4.78, 5) is 8.90. The lowest BCUT2D eigenvalue weighted by atomic mass is 9.99. The fourth-order valence-electron chi connectivity index (χ4n) is 3.70. The molecule has 1 aliphatic rings. The van der Waals surface area contributed by atoms with E-state index in [4.69, 9.17) is 14.2 Å². The van der Waals surface area contributed by atoms with E-state index in [2.05, 4.69) is 38.3 Å². The molecule has 7 nitrogen and oxygen atoms in total. The molecule has 0 aliphatic carbocycles. The molecule has 3 rings (SSSR count). The van der Waals surface area contributed by atoms with E-state index in [-0.39, 0.29) is 24.0 Å². The van der Waals surface area contributed by atoms with E-state index in [1.807, 2.05) is 39.3 Å². The zero-order valence-electron chi connectivity index (χ0n) is 19.7. The van der Waals surface area contributed by atoms with Gasteiger partial charge in [-0.15, -0.1) is 24.0 Å². The lowest BCUT2D eigenvalue weighted by molar-refractivity contribution is 0.259. The molecule has 0 saturated carbocycles. The summed E-state index contributed by atoms with van der Waals surface area (Å²) in [5.41, 5.74) is 3.65. The molecule has 1 aliphatic heterocycles. The van der Waals surface area contributed by atoms with Crippen molar-refractivity contribution in [3.63, 3.8) is 0 Å². The monoisotopic (exact) mass is 554 g/mol. The van der Waals surface area contributed by atoms with Crippen LogP contribution in [0.5, 0.6) is 17.2 Å². The van der Waals surface area contributed by atoms with Crippen molar-refractivity contribution in [1.82, 2.24) is 15.1 Å². The summed E-state index contributed by atoms with van der Waals surface area (Å²) in [6.45, 7) is 3.86. The first-order chi connectivity index (χ1) is 15.0. The highest BCUT2D eigenvalue weighted by molar-refractivity contribution is 14.0. The quantitative estimate of drug-likeness (QED) is 0.307. The van der Waals surface area contributed by atoms with E-state index in [1.165, 1.54) is 11.1 Å². The van der Waals surface area contributed by atoms with Crippen molar-refractivity contribution in [3.8, 4) is 17.2 Å². The summed E-state index contributed by atoms with van der Waals surface area (Å²) in [7, 11) is 9.26. The number of aliphatic imine (C=N–C) groups is 1. The summed E-state index contributed by atoms with van der Waals surface area (Å²) < 4.78 is 16.9. The minimum absolute atomic E-state index is 0. The van der Waals surface area contributed by atoms with Gasteiger partial charge in [0, 0.05) is 38.8 Å². The number of nitrogens with one attached hydrogen (secondary N) is 1. The Bertz CT molecular complexity index is 905. The van der Waals surface area contributed by atoms with Gasteiger partial charge in [-0.2, -0.15) is 0 Å². The van der Waals surface area contributed by atoms with Gasteiger partial charge in [-0.05, 0) is 49.8 Å². The Balaban J connectivity index is 0.00000363. The number of para-hydroxylation sites is 1. The van der Waals surface area contributed by atoms with Gasteiger partial charge in [-0.3, -0.25) is 4.99 Å². The molecule has 1 N–H and O–H groups in total. The lowest BCUT2D eigenvalue weighted by Gasteiger charge is -2.32. The van der Waals surface area contributed by atoms with E-state index in [0.717, 1.165) is 54.8 Å². The summed E-state index contributed by atoms with van der Waals surface area (Å²) in [6.07, 6.45) is 0.931. The molecule has 32 heavy (non-hydrogen) atoms. The molecule has 2 aromatic rings. The van der Waals surface area contributed by atoms with Crippen LogP contribution >= 0.6 is 24.0 Å². The third-order valence-electron chi connectivity index (χ3n) is 5.44. The first-order valence-corrected chi connectivity index (χ1v) is 10.6. The molecule has 0 saturated heterocycles. The SMILES string of the molecule is CN=C(NCc1ccccc1OCCN(C)C)N1CCc2cc(OC)c(OC)cc2C1.I. The zero-order chi connectivity index (χ0) is 22.2. The number of halogens is 1. The van der Waals surface area contributed by atoms with Gasteiger partial charge in [0.2, 0.25) is 0 Å². The molecule has 8 heteroatoms. The Morgan fingerprint density at radius 1 is 1.06 bits per heavy atom. The molecule has 0 spiro atoms. The molecular formula is C24H35IN4O3. The molecule has 0 bridgehead atoms. The summed E-state index contributed by atoms with van der Waals surface area (Å²) in [5.74, 6) is 3.33. The predicted molar refractivity (Wildman–Crippen MR) is 140 cm³/mol. The second-order valence-corrected chi connectivity index (χ2v) is 7.81. The molecule has 0 fully saturated rings. The van der Waals surface area contributed by atoms with Gasteiger partial charge in [0.1, 0.15) is 12.4 Å². The number of benzene rings is 2. The second kappa shape index (κ2) is 12.7. The van der Waals surface area contributed by atoms with Gasteiger partial charge in [0.05, 0.1) is 14.2 Å². The molecule has 176 valence electrons. The maximum absolute atomic E-state index is 5.99. The molecule has 0 radical (unpaired) electrons. The van der Waals surface area contributed by atoms with E-state index in [9.17, 15) is 0 Å². The number of guanidine groups is 1. The molecule has 2 aromatic carbocycles. The number of hydrogen-bond acceptors (Lipinski definition) is 5. The Morgan fingerprint density at radius 3 is 2.41 bits per heavy atom. The minimum atomic E-state index is 0. The zero-order valence-corrected chi connectivity index (χ0v) is 22.0. The van der Waals surface area contributed by atoms with Gasteiger partial charge in [-0.1, -0.05) is 18.2 Å². The van der Waals surface area contributed by atoms with Gasteiger partial charge in [-0.25, -0.2) is 0 Å². The topological polar surface area (TPSA) is 58.6 Å². The van der Waals surface area contributed by atoms with Gasteiger partial charge >= 0.3 is 0 Å². The van der Waals surface area contributed by atoms with Crippen LogP contribution in [0.25, 0.3) is 0 Å². The molecular weight excluding hydrogens is 519 g/mol. The van der Waals surface area contributed by atoms with Crippen LogP contribution in [-0.2, 0) is 19.5 Å². The standard InChI is InChI=1S/C24H34N4O3.HI/c1-25-24(26-16-19-8-6-7-9-21(19)31-13-12-27(2)3)28-11-10-18-14-22(29-4)23(30-5)15-20(18)17-28;/h6-9,14-15H,10-13,16-17H2,1-5H3,(H,25,26);1H. The third-order valence-corrected chi connectivity index (χ3v) is 5.44. The molecule has 0 atom stereocenters. The Kier molecular flexibility index (Phi) is 10.4. The van der Waals surface area contributed by atoms with Crippen molar-refractivity contribution < 1.29 is 14.2 Å². The van der Waals surface area contributed by atoms with Crippen LogP contribution < -0.4 is 19.5 Å². The van der Waals surface area contributed by atoms with Crippen LogP contribution in [0.1, 0.15) is 16.7 Å². The molecule has 0 aromatic heterocycles. The molecule has 0 amide bonds. The van der Waals surface area contributed by atoms with E-state index >= 15 is 0 Å². The van der Waals surface area contributed by atoms with Crippen LogP contribution in [0.3, 0.4) is 0 Å². The summed E-state index contributed by atoms with van der Waals surface area (Å²) in [6, 6.07) is 12.3. The maximum atomic E-state index is 5.99. The van der Waals surface area contributed by atoms with Crippen molar-refractivity contribution in [2.45, 2.75) is 19.5 Å². The van der Waals surface area contributed by atoms with Crippen LogP contribution in [0, 0.1) is 0 Å². The molecule has 0 unspecified atom stereocenters. The number of likely N-dealkylation sites (N-methyl/N-ethyl adjacent to an activating group) is 1. The number of hydrogen-bond donors (Lipinski definition) is 1. The number of rotatable bonds is 8. The van der Waals surface area contributed by atoms with Crippen LogP contribution in [0.2, 0.25) is 0 Å². The largest absolute Gasteiger partial charge is 0.493 e. The van der Waals surface area contributed by atoms with Crippen molar-refractivity contribution in [2.75, 3.05) is 55.1 Å². The molecule has 1 heterocycles. The average molecular weight is 554 g/mol. The van der Waals surface area contributed by atoms with Gasteiger partial charge in [0.15, 0.2) is 17.5 Å². The highest BCUT2D eigenvalue weighted by Crippen LogP contribution is 2.33. The third kappa shape index (κ3) is 6.65. The first-order valence-electron chi connectivity index (χ1n) is 10.6. The highest BCUT2D eigenvalue weighted by Gasteiger charge is 2.21. The fraction of sp³-hybridized carbons (Fsp3) is 0.458. The van der Waals surface area contributed by atoms with Crippen molar-refractivity contribution in [3.05, 3.63) is 53.1 Å². The highest BCUT2D eigenvalue weighted by atomic mass is 127. The first kappa shape index (κ1) is 26.1. The van der Waals surface area contributed by atoms with E-state index < -0.39 is 0 Å². The number of methoxy groups -OCH3 is 2. The average Bonchev–Trinajstić information content (AvgIpc) is 2.79. The van der Waals surface area contributed by atoms with Crippen molar-refractivity contribution >= 4 is 29.9 Å². The second-order valence-electron chi connectivity index (χ2n) is 7.81. The number of fused-ring (bicyclic) bond motifs is 1. The van der Waals surface area contributed by atoms with Crippen molar-refractivity contribution in [2.24, 2.45) is 4.99 Å². The number of nitrogens with zero attached hydrogens (tertiary/aromatic N) is 3. The van der Waals surface area contributed by atoms with Gasteiger partial charge in [0.25, 0.3) is 0 Å². The lowest BCUT2D eigenvalue weighted by Crippen LogP contribution is -2.43. The van der Waals surface area contributed by atoms with Crippen LogP contribution in [-0.4, -0.2) is 70.8 Å². The van der Waals surface area contributed by atoms with Crippen molar-refractivity contribution in [1.29, 1.82) is 0 Å². The summed E-state index contributed by atoms with van der Waals surface area (Å²) in [5, 5.41) is 3.51. The Morgan fingerprint density at radius 2 is 1.75 bits per heavy atom. The maximum Gasteiger partial charge on any atom is 0.194 e. The summed E-state index contributed by atoms with van der Waals surface area (Å²) >= 11 is 0. The van der Waals surface area contributed by atoms with Crippen LogP contribution in [0.4, 0.5) is 0 Å². The van der Waals surface area contributed by atoms with E-state index in [0.29, 0.717) is 13.2 Å². The Labute approximate surface area is 208 Å². The number of ether oxygens (including phenoxy) is 3. The van der Waals surface area contributed by atoms with Crippen LogP contribution in [0.15, 0.2) is 41.4 Å². The predicted octanol–water partition coefficient (Wildman–Crippen LogP) is 3.40. The minimum Gasteiger partial charge on any atom is -0.493 e. The Hall–Kier alpha value is -2.20. The van der Waals surface area contributed by atoms with Gasteiger partial charge < -0.3 is 29.3 Å². The smallest absolute Gasteiger partial charge is 0.194 e. The fourth-order valence-corrected chi connectivity index (χ4v) is 3.70.